The normalized spacial score (nSPS) is 12.1. The summed E-state index contributed by atoms with van der Waals surface area (Å²) in [5.41, 5.74) is 29.4. The van der Waals surface area contributed by atoms with E-state index in [1.54, 1.807) is 0 Å². The Bertz CT molecular complexity index is 4560. The molecule has 464 valence electrons. The van der Waals surface area contributed by atoms with Gasteiger partial charge in [0.25, 0.3) is 0 Å². The summed E-state index contributed by atoms with van der Waals surface area (Å²) >= 11 is 0. The zero-order valence-electron chi connectivity index (χ0n) is 55.1. The van der Waals surface area contributed by atoms with Crippen molar-refractivity contribution in [1.82, 2.24) is 9.13 Å². The summed E-state index contributed by atoms with van der Waals surface area (Å²) in [6.07, 6.45) is 9.62. The van der Waals surface area contributed by atoms with Crippen molar-refractivity contribution in [3.63, 3.8) is 0 Å². The van der Waals surface area contributed by atoms with Crippen molar-refractivity contribution in [1.29, 1.82) is 0 Å². The smallest absolute Gasteiger partial charge is 0.0527 e. The van der Waals surface area contributed by atoms with Gasteiger partial charge in [-0.05, 0) is 113 Å². The van der Waals surface area contributed by atoms with Crippen LogP contribution in [0.25, 0.3) is 44.5 Å². The van der Waals surface area contributed by atoms with E-state index in [1.165, 1.54) is 111 Å². The molecule has 0 bridgehead atoms. The van der Waals surface area contributed by atoms with Crippen LogP contribution in [0, 0.1) is 19.1 Å². The van der Waals surface area contributed by atoms with Crippen molar-refractivity contribution in [2.75, 3.05) is 42.9 Å². The van der Waals surface area contributed by atoms with Crippen LogP contribution in [0.2, 0.25) is 0 Å². The zero-order chi connectivity index (χ0) is 63.3. The van der Waals surface area contributed by atoms with Gasteiger partial charge in [-0.3, -0.25) is 0 Å². The number of rotatable bonds is 5. The van der Waals surface area contributed by atoms with E-state index in [1.807, 2.05) is 93.0 Å². The number of allylic oxidation sites excluding steroid dienone is 1. The third-order valence-corrected chi connectivity index (χ3v) is 18.1. The molecule has 94 heavy (non-hydrogen) atoms. The minimum atomic E-state index is 0. The van der Waals surface area contributed by atoms with E-state index in [0.717, 1.165) is 67.8 Å². The Morgan fingerprint density at radius 1 is 0.457 bits per heavy atom. The van der Waals surface area contributed by atoms with Crippen LogP contribution < -0.4 is 14.7 Å². The van der Waals surface area contributed by atoms with Crippen LogP contribution in [-0.2, 0) is 125 Å². The van der Waals surface area contributed by atoms with Crippen molar-refractivity contribution in [2.24, 2.45) is 14.1 Å². The minimum absolute atomic E-state index is 0. The molecule has 6 nitrogen and oxygen atoms in total. The van der Waals surface area contributed by atoms with Crippen LogP contribution in [0.1, 0.15) is 72.5 Å². The van der Waals surface area contributed by atoms with Crippen molar-refractivity contribution < 1.29 is 65.4 Å². The number of aryl methyl sites for hydroxylation is 2. The number of fused-ring (bicyclic) bond motifs is 12. The first-order valence-corrected chi connectivity index (χ1v) is 32.0. The second kappa shape index (κ2) is 32.6. The summed E-state index contributed by atoms with van der Waals surface area (Å²) in [5.74, 6) is 0. The third kappa shape index (κ3) is 15.7. The van der Waals surface area contributed by atoms with Gasteiger partial charge in [0.1, 0.15) is 0 Å². The molecule has 0 unspecified atom stereocenters. The van der Waals surface area contributed by atoms with Gasteiger partial charge in [-0.25, -0.2) is 0 Å². The van der Waals surface area contributed by atoms with Gasteiger partial charge in [0.05, 0.1) is 5.69 Å². The Morgan fingerprint density at radius 3 is 1.54 bits per heavy atom. The number of nitrogens with zero attached hydrogens (tertiary/aromatic N) is 6. The maximum Gasteiger partial charge on any atom is 0.0527 e. The number of anilines is 4. The molecule has 2 aliphatic carbocycles. The second-order valence-corrected chi connectivity index (χ2v) is 24.0. The van der Waals surface area contributed by atoms with E-state index in [0.29, 0.717) is 0 Å². The van der Waals surface area contributed by atoms with Gasteiger partial charge >= 0.3 is 0 Å². The van der Waals surface area contributed by atoms with E-state index in [2.05, 4.69) is 277 Å². The molecule has 2 aliphatic heterocycles. The molecule has 2 aromatic heterocycles. The second-order valence-electron chi connectivity index (χ2n) is 24.0. The van der Waals surface area contributed by atoms with Gasteiger partial charge in [0, 0.05) is 158 Å². The molecule has 17 rings (SSSR count). The molecule has 8 heteroatoms. The predicted octanol–water partition coefficient (Wildman–Crippen LogP) is 20.1. The van der Waals surface area contributed by atoms with E-state index in [-0.39, 0.29) is 65.4 Å². The largest absolute Gasteiger partial charge is 0.687 e. The predicted molar refractivity (Wildman–Crippen MR) is 390 cm³/mol. The summed E-state index contributed by atoms with van der Waals surface area (Å²) in [7, 11) is 12.5. The molecule has 4 heterocycles. The Hall–Kier alpha value is -8.48. The molecule has 0 saturated carbocycles. The fourth-order valence-corrected chi connectivity index (χ4v) is 13.4. The molecule has 0 spiro atoms. The maximum atomic E-state index is 4.25. The van der Waals surface area contributed by atoms with Crippen LogP contribution in [0.5, 0.6) is 0 Å². The first-order chi connectivity index (χ1) is 45.1. The zero-order valence-corrected chi connectivity index (χ0v) is 60.7. The fraction of sp³-hybridized carbons (Fsp3) is 0.151. The number of aromatic nitrogens is 2. The van der Waals surface area contributed by atoms with Crippen LogP contribution >= 0.6 is 0 Å². The molecule has 0 amide bonds. The van der Waals surface area contributed by atoms with Gasteiger partial charge in [-0.2, -0.15) is 78.7 Å². The quantitative estimate of drug-likeness (QED) is 0.161. The standard InChI is InChI=1S/C16H13N.2C15H15N.2C14H13N.C12H11N.2Y/c1-17-15-9-5-4-8-13(15)14-10-11-6-2-3-7-12(11)16(14)17;2*1-16-11-14-8-3-2-6-12(14)10-13-7-4-5-9-15(13)16;1-12-8-6-7-11-14(12)15(2)13-9-4-3-5-10-13;1-15-14-10-6-5-9-13(14)11-12-7-3-2-4-8-12;1-13-11-7-3-2-5-9(11)10-6-4-8-12(10)13;;/h2-9H,10H2,1H3;2*2-9H,10-11H2,1H3;3-9,11H,1H2,2H3;2-7,9-10H,11H2,1H3;2-5,7-8H,6H2,1H3;;/q;;;2*-2;;;. The third-order valence-electron chi connectivity index (χ3n) is 18.1. The average molecular weight is 1380 g/mol. The molecule has 0 fully saturated rings. The number of hydrogen-bond donors (Lipinski definition) is 0. The van der Waals surface area contributed by atoms with Crippen LogP contribution in [-0.4, -0.2) is 37.3 Å². The summed E-state index contributed by atoms with van der Waals surface area (Å²) in [4.78, 5) is 6.75. The topological polar surface area (TPSA) is 33.7 Å². The minimum Gasteiger partial charge on any atom is -0.687 e. The summed E-state index contributed by atoms with van der Waals surface area (Å²) in [5, 5.41) is 7.06. The summed E-state index contributed by atoms with van der Waals surface area (Å²) < 4.78 is 4.60. The van der Waals surface area contributed by atoms with E-state index in [4.69, 9.17) is 0 Å². The van der Waals surface area contributed by atoms with E-state index >= 15 is 0 Å². The van der Waals surface area contributed by atoms with Gasteiger partial charge in [-0.15, -0.1) is 24.9 Å². The molecular weight excluding hydrogens is 1290 g/mol. The van der Waals surface area contributed by atoms with Gasteiger partial charge in [0.2, 0.25) is 0 Å². The van der Waals surface area contributed by atoms with Crippen molar-refractivity contribution in [2.45, 2.75) is 45.2 Å². The average Bonchev–Trinajstić information content (AvgIpc) is 1.61. The van der Waals surface area contributed by atoms with E-state index in [9.17, 15) is 0 Å². The number of para-hydroxylation sites is 7. The Labute approximate surface area is 608 Å². The summed E-state index contributed by atoms with van der Waals surface area (Å²) in [6, 6.07) is 99.6. The number of benzene rings is 11. The SMILES string of the molecule is CN1Cc2ccccc2Cc2ccccc21.CN1Cc2ccccc2Cc2ccccc21.C[N-]c1ccccc1Cc1[c-]cccc1.Cn1c2c(c3ccccc31)CC=C2.Cn1c2c(c3ccccc31)Cc1ccccc1-2.[CH2-]c1ccccc1N(C)c1[c-]cccc1.[Y].[Y]. The van der Waals surface area contributed by atoms with E-state index < -0.39 is 0 Å². The van der Waals surface area contributed by atoms with Crippen LogP contribution in [0.15, 0.2) is 273 Å². The van der Waals surface area contributed by atoms with Gasteiger partial charge < -0.3 is 29.2 Å². The van der Waals surface area contributed by atoms with Crippen molar-refractivity contribution >= 4 is 56.3 Å². The first-order valence-electron chi connectivity index (χ1n) is 32.0. The van der Waals surface area contributed by atoms with Crippen LogP contribution in [0.4, 0.5) is 28.4 Å². The molecule has 4 aliphatic rings. The molecule has 0 atom stereocenters. The van der Waals surface area contributed by atoms with Crippen molar-refractivity contribution in [3.05, 3.63) is 370 Å². The first kappa shape index (κ1) is 68.4. The molecule has 11 aromatic carbocycles. The van der Waals surface area contributed by atoms with Crippen molar-refractivity contribution in [3.8, 4) is 11.3 Å². The molecular formula is C86H80N6Y2-4. The molecule has 2 radical (unpaired) electrons. The Morgan fingerprint density at radius 2 is 0.947 bits per heavy atom. The molecule has 0 saturated heterocycles. The fourth-order valence-electron chi connectivity index (χ4n) is 13.4. The summed E-state index contributed by atoms with van der Waals surface area (Å²) in [6.45, 7) is 6.03. The number of hydrogen-bond acceptors (Lipinski definition) is 3. The monoisotopic (exact) mass is 1370 g/mol. The molecule has 13 aromatic rings. The maximum absolute atomic E-state index is 4.25. The molecule has 0 N–H and O–H groups in total. The van der Waals surface area contributed by atoms with Gasteiger partial charge in [-0.1, -0.05) is 205 Å². The van der Waals surface area contributed by atoms with Crippen LogP contribution in [0.3, 0.4) is 0 Å². The van der Waals surface area contributed by atoms with Gasteiger partial charge in [0.15, 0.2) is 0 Å². The Balaban J connectivity index is 0.000000123. The Kier molecular flexibility index (Phi) is 23.7.